The number of aromatic hydroxyl groups is 2. The molecule has 1 aliphatic rings. The summed E-state index contributed by atoms with van der Waals surface area (Å²) in [4.78, 5) is 0. The molecule has 2 aromatic carbocycles. The zero-order valence-electron chi connectivity index (χ0n) is 10.1. The molecule has 0 radical (unpaired) electrons. The van der Waals surface area contributed by atoms with Gasteiger partial charge in [0, 0.05) is 5.56 Å². The van der Waals surface area contributed by atoms with Crippen LogP contribution in [0.25, 0.3) is 5.57 Å². The van der Waals surface area contributed by atoms with E-state index in [1.165, 1.54) is 6.07 Å². The molecule has 1 aliphatic heterocycles. The number of hydrogen-bond acceptors (Lipinski definition) is 3. The minimum atomic E-state index is -0.264. The first-order chi connectivity index (χ1) is 9.16. The van der Waals surface area contributed by atoms with Crippen LogP contribution >= 0.6 is 0 Å². The van der Waals surface area contributed by atoms with Crippen molar-refractivity contribution in [2.24, 2.45) is 0 Å². The van der Waals surface area contributed by atoms with Crippen molar-refractivity contribution in [2.75, 3.05) is 0 Å². The Kier molecular flexibility index (Phi) is 2.53. The number of hydrogen-bond donors (Lipinski definition) is 2. The summed E-state index contributed by atoms with van der Waals surface area (Å²) in [5.74, 6) is 0.194. The first-order valence-corrected chi connectivity index (χ1v) is 5.86. The Labute approximate surface area is 110 Å². The van der Waals surface area contributed by atoms with Gasteiger partial charge >= 0.3 is 0 Å². The van der Waals surface area contributed by atoms with Gasteiger partial charge in [0.2, 0.25) is 5.75 Å². The highest BCUT2D eigenvalue weighted by Crippen LogP contribution is 2.46. The van der Waals surface area contributed by atoms with Crippen LogP contribution in [0.5, 0.6) is 17.2 Å². The van der Waals surface area contributed by atoms with Crippen molar-refractivity contribution < 1.29 is 14.9 Å². The highest BCUT2D eigenvalue weighted by Gasteiger charge is 2.22. The maximum absolute atomic E-state index is 9.88. The number of phenols is 2. The topological polar surface area (TPSA) is 49.7 Å². The summed E-state index contributed by atoms with van der Waals surface area (Å²) in [6, 6.07) is 12.9. The van der Waals surface area contributed by atoms with Crippen LogP contribution in [0.2, 0.25) is 0 Å². The van der Waals surface area contributed by atoms with E-state index in [9.17, 15) is 10.2 Å². The Morgan fingerprint density at radius 3 is 2.42 bits per heavy atom. The van der Waals surface area contributed by atoms with E-state index in [1.807, 2.05) is 36.4 Å². The van der Waals surface area contributed by atoms with Crippen LogP contribution in [0.1, 0.15) is 11.1 Å². The largest absolute Gasteiger partial charge is 0.504 e. The van der Waals surface area contributed by atoms with Crippen LogP contribution in [0.15, 0.2) is 60.9 Å². The van der Waals surface area contributed by atoms with Gasteiger partial charge in [-0.3, -0.25) is 0 Å². The van der Waals surface area contributed by atoms with Crippen LogP contribution in [-0.4, -0.2) is 10.2 Å². The normalized spacial score (nSPS) is 13.5. The number of allylic oxidation sites excluding steroid dienone is 1. The molecule has 2 aromatic rings. The maximum Gasteiger partial charge on any atom is 0.201 e. The molecule has 19 heavy (non-hydrogen) atoms. The van der Waals surface area contributed by atoms with E-state index >= 15 is 0 Å². The third-order valence-corrected chi connectivity index (χ3v) is 3.02. The minimum absolute atomic E-state index is 0.208. The fraction of sp³-hybridized carbons (Fsp3) is 0. The van der Waals surface area contributed by atoms with Gasteiger partial charge in [0.05, 0.1) is 0 Å². The first-order valence-electron chi connectivity index (χ1n) is 5.86. The van der Waals surface area contributed by atoms with E-state index in [0.717, 1.165) is 16.7 Å². The molecule has 0 fully saturated rings. The average molecular weight is 252 g/mol. The van der Waals surface area contributed by atoms with Crippen LogP contribution in [0.3, 0.4) is 0 Å². The number of phenolic OH excluding ortho intramolecular Hbond substituents is 2. The monoisotopic (exact) mass is 252 g/mol. The van der Waals surface area contributed by atoms with Crippen molar-refractivity contribution in [1.29, 1.82) is 0 Å². The second-order valence-corrected chi connectivity index (χ2v) is 4.30. The van der Waals surface area contributed by atoms with Crippen LogP contribution in [-0.2, 0) is 0 Å². The molecule has 3 heteroatoms. The van der Waals surface area contributed by atoms with Crippen LogP contribution in [0, 0.1) is 0 Å². The second-order valence-electron chi connectivity index (χ2n) is 4.30. The SMILES string of the molecule is C=C1C=C(c2ccccc2)c2ccc(O)c(O)c2O1. The molecular weight excluding hydrogens is 240 g/mol. The van der Waals surface area contributed by atoms with E-state index in [-0.39, 0.29) is 17.2 Å². The summed E-state index contributed by atoms with van der Waals surface area (Å²) in [5, 5.41) is 19.4. The van der Waals surface area contributed by atoms with Crippen molar-refractivity contribution in [2.45, 2.75) is 0 Å². The smallest absolute Gasteiger partial charge is 0.201 e. The van der Waals surface area contributed by atoms with E-state index in [0.29, 0.717) is 5.76 Å². The summed E-state index contributed by atoms with van der Waals surface area (Å²) in [5.41, 5.74) is 2.63. The van der Waals surface area contributed by atoms with Gasteiger partial charge in [-0.2, -0.15) is 0 Å². The molecule has 3 rings (SSSR count). The molecule has 1 heterocycles. The van der Waals surface area contributed by atoms with E-state index in [4.69, 9.17) is 4.74 Å². The molecule has 0 atom stereocenters. The Morgan fingerprint density at radius 1 is 0.947 bits per heavy atom. The lowest BCUT2D eigenvalue weighted by Gasteiger charge is -2.21. The number of ether oxygens (including phenoxy) is 1. The number of benzene rings is 2. The van der Waals surface area contributed by atoms with E-state index in [1.54, 1.807) is 6.07 Å². The van der Waals surface area contributed by atoms with Crippen molar-refractivity contribution in [3.63, 3.8) is 0 Å². The van der Waals surface area contributed by atoms with Crippen molar-refractivity contribution in [3.05, 3.63) is 72.0 Å². The zero-order valence-corrected chi connectivity index (χ0v) is 10.1. The molecule has 0 amide bonds. The van der Waals surface area contributed by atoms with Crippen molar-refractivity contribution in [1.82, 2.24) is 0 Å². The van der Waals surface area contributed by atoms with Crippen LogP contribution < -0.4 is 4.74 Å². The number of rotatable bonds is 1. The van der Waals surface area contributed by atoms with E-state index < -0.39 is 0 Å². The molecule has 94 valence electrons. The molecule has 0 aliphatic carbocycles. The fourth-order valence-electron chi connectivity index (χ4n) is 2.13. The lowest BCUT2D eigenvalue weighted by atomic mass is 9.94. The maximum atomic E-state index is 9.88. The standard InChI is InChI=1S/C16H12O3/c1-10-9-13(11-5-3-2-4-6-11)12-7-8-14(17)15(18)16(12)19-10/h2-9,17-18H,1H2. The Morgan fingerprint density at radius 2 is 1.68 bits per heavy atom. The van der Waals surface area contributed by atoms with E-state index in [2.05, 4.69) is 6.58 Å². The summed E-state index contributed by atoms with van der Waals surface area (Å²) >= 11 is 0. The van der Waals surface area contributed by atoms with Gasteiger partial charge in [-0.1, -0.05) is 36.9 Å². The number of fused-ring (bicyclic) bond motifs is 1. The molecular formula is C16H12O3. The van der Waals surface area contributed by atoms with Gasteiger partial charge < -0.3 is 14.9 Å². The van der Waals surface area contributed by atoms with Gasteiger partial charge in [0.15, 0.2) is 11.5 Å². The minimum Gasteiger partial charge on any atom is -0.504 e. The zero-order chi connectivity index (χ0) is 13.4. The highest BCUT2D eigenvalue weighted by molar-refractivity contribution is 5.87. The molecule has 0 bridgehead atoms. The second kappa shape index (κ2) is 4.21. The van der Waals surface area contributed by atoms with Gasteiger partial charge in [0.1, 0.15) is 5.76 Å². The lowest BCUT2D eigenvalue weighted by molar-refractivity contribution is 0.361. The van der Waals surface area contributed by atoms with Gasteiger partial charge in [-0.15, -0.1) is 0 Å². The molecule has 0 saturated carbocycles. The molecule has 3 nitrogen and oxygen atoms in total. The molecule has 0 spiro atoms. The van der Waals surface area contributed by atoms with Crippen molar-refractivity contribution in [3.8, 4) is 17.2 Å². The quantitative estimate of drug-likeness (QED) is 0.764. The molecule has 0 unspecified atom stereocenters. The molecule has 0 aromatic heterocycles. The Bertz CT molecular complexity index is 685. The van der Waals surface area contributed by atoms with Gasteiger partial charge in [-0.25, -0.2) is 0 Å². The third kappa shape index (κ3) is 1.85. The Balaban J connectivity index is 2.23. The summed E-state index contributed by atoms with van der Waals surface area (Å²) < 4.78 is 5.41. The van der Waals surface area contributed by atoms with Crippen LogP contribution in [0.4, 0.5) is 0 Å². The molecule has 0 saturated heterocycles. The predicted molar refractivity (Wildman–Crippen MR) is 73.1 cm³/mol. The fourth-order valence-corrected chi connectivity index (χ4v) is 2.13. The highest BCUT2D eigenvalue weighted by atomic mass is 16.5. The summed E-state index contributed by atoms with van der Waals surface area (Å²) in [6.07, 6.45) is 1.81. The summed E-state index contributed by atoms with van der Waals surface area (Å²) in [6.45, 7) is 3.77. The third-order valence-electron chi connectivity index (χ3n) is 3.02. The molecule has 2 N–H and O–H groups in total. The first kappa shape index (κ1) is 11.4. The van der Waals surface area contributed by atoms with Gasteiger partial charge in [0.25, 0.3) is 0 Å². The predicted octanol–water partition coefficient (Wildman–Crippen LogP) is 3.44. The van der Waals surface area contributed by atoms with Crippen molar-refractivity contribution >= 4 is 5.57 Å². The lowest BCUT2D eigenvalue weighted by Crippen LogP contribution is -2.03. The summed E-state index contributed by atoms with van der Waals surface area (Å²) in [7, 11) is 0. The Hall–Kier alpha value is -2.68. The average Bonchev–Trinajstić information content (AvgIpc) is 2.44. The van der Waals surface area contributed by atoms with Gasteiger partial charge in [-0.05, 0) is 29.3 Å².